The Kier molecular flexibility index (Phi) is 4.26. The van der Waals surface area contributed by atoms with Gasteiger partial charge in [-0.2, -0.15) is 5.10 Å². The third-order valence-electron chi connectivity index (χ3n) is 3.59. The van der Waals surface area contributed by atoms with Crippen LogP contribution in [0.4, 0.5) is 14.7 Å². The molecule has 6 nitrogen and oxygen atoms in total. The fraction of sp³-hybridized carbons (Fsp3) is 0.176. The summed E-state index contributed by atoms with van der Waals surface area (Å²) in [6.45, 7) is 3.65. The Labute approximate surface area is 142 Å². The van der Waals surface area contributed by atoms with E-state index in [0.29, 0.717) is 22.5 Å². The first kappa shape index (κ1) is 16.7. The molecule has 128 valence electrons. The van der Waals surface area contributed by atoms with Crippen molar-refractivity contribution in [1.82, 2.24) is 19.7 Å². The molecule has 25 heavy (non-hydrogen) atoms. The van der Waals surface area contributed by atoms with Crippen LogP contribution in [0, 0.1) is 11.6 Å². The van der Waals surface area contributed by atoms with Crippen molar-refractivity contribution in [3.63, 3.8) is 0 Å². The van der Waals surface area contributed by atoms with Crippen LogP contribution in [0.3, 0.4) is 0 Å². The molecule has 0 amide bonds. The minimum absolute atomic E-state index is 0.0133. The van der Waals surface area contributed by atoms with Gasteiger partial charge in [-0.3, -0.25) is 4.79 Å². The number of hydrogen-bond donors (Lipinski definition) is 1. The predicted molar refractivity (Wildman–Crippen MR) is 89.7 cm³/mol. The Hall–Kier alpha value is -3.16. The van der Waals surface area contributed by atoms with Crippen molar-refractivity contribution in [3.8, 4) is 22.5 Å². The molecule has 0 saturated heterocycles. The number of nitrogens with zero attached hydrogens (tertiary/aromatic N) is 4. The number of anilines is 1. The van der Waals surface area contributed by atoms with E-state index in [4.69, 9.17) is 5.73 Å². The van der Waals surface area contributed by atoms with E-state index in [0.717, 1.165) is 12.1 Å². The van der Waals surface area contributed by atoms with Gasteiger partial charge < -0.3 is 5.73 Å². The fourth-order valence-electron chi connectivity index (χ4n) is 2.39. The van der Waals surface area contributed by atoms with Crippen LogP contribution in [0.15, 0.2) is 41.3 Å². The zero-order valence-electron chi connectivity index (χ0n) is 13.6. The summed E-state index contributed by atoms with van der Waals surface area (Å²) in [6, 6.07) is 6.19. The molecule has 0 aliphatic carbocycles. The van der Waals surface area contributed by atoms with Crippen molar-refractivity contribution < 1.29 is 8.78 Å². The largest absolute Gasteiger partial charge is 0.368 e. The van der Waals surface area contributed by atoms with Crippen molar-refractivity contribution in [2.75, 3.05) is 5.73 Å². The number of hydrogen-bond acceptors (Lipinski definition) is 5. The molecular formula is C17H15F2N5O. The Morgan fingerprint density at radius 2 is 1.88 bits per heavy atom. The maximum Gasteiger partial charge on any atom is 0.267 e. The van der Waals surface area contributed by atoms with E-state index in [1.807, 2.05) is 13.8 Å². The third kappa shape index (κ3) is 3.23. The highest BCUT2D eigenvalue weighted by Crippen LogP contribution is 2.30. The summed E-state index contributed by atoms with van der Waals surface area (Å²) in [5, 5.41) is 4.31. The second-order valence-electron chi connectivity index (χ2n) is 5.71. The molecule has 8 heteroatoms. The van der Waals surface area contributed by atoms with E-state index < -0.39 is 11.6 Å². The molecule has 0 aliphatic heterocycles. The summed E-state index contributed by atoms with van der Waals surface area (Å²) in [7, 11) is 0. The zero-order chi connectivity index (χ0) is 18.1. The van der Waals surface area contributed by atoms with Crippen LogP contribution >= 0.6 is 0 Å². The van der Waals surface area contributed by atoms with E-state index in [1.54, 1.807) is 0 Å². The van der Waals surface area contributed by atoms with Crippen LogP contribution in [-0.2, 0) is 0 Å². The average molecular weight is 343 g/mol. The predicted octanol–water partition coefficient (Wildman–Crippen LogP) is 2.81. The number of rotatable bonds is 3. The van der Waals surface area contributed by atoms with Crippen molar-refractivity contribution in [3.05, 3.63) is 58.5 Å². The van der Waals surface area contributed by atoms with Gasteiger partial charge in [-0.05, 0) is 38.1 Å². The van der Waals surface area contributed by atoms with E-state index >= 15 is 0 Å². The van der Waals surface area contributed by atoms with E-state index in [9.17, 15) is 13.6 Å². The zero-order valence-corrected chi connectivity index (χ0v) is 13.6. The molecule has 2 N–H and O–H groups in total. The number of benzene rings is 1. The van der Waals surface area contributed by atoms with Gasteiger partial charge in [0, 0.05) is 23.4 Å². The van der Waals surface area contributed by atoms with Crippen LogP contribution in [-0.4, -0.2) is 19.7 Å². The van der Waals surface area contributed by atoms with Gasteiger partial charge in [0.2, 0.25) is 5.95 Å². The van der Waals surface area contributed by atoms with Crippen LogP contribution in [0.5, 0.6) is 0 Å². The summed E-state index contributed by atoms with van der Waals surface area (Å²) in [6.07, 6.45) is 1.44. The molecule has 3 aromatic rings. The summed E-state index contributed by atoms with van der Waals surface area (Å²) >= 11 is 0. The van der Waals surface area contributed by atoms with E-state index in [1.165, 1.54) is 29.1 Å². The lowest BCUT2D eigenvalue weighted by Crippen LogP contribution is -2.24. The molecule has 0 atom stereocenters. The molecule has 0 unspecified atom stereocenters. The monoisotopic (exact) mass is 343 g/mol. The van der Waals surface area contributed by atoms with Crippen LogP contribution in [0.1, 0.15) is 19.9 Å². The summed E-state index contributed by atoms with van der Waals surface area (Å²) < 4.78 is 28.2. The van der Waals surface area contributed by atoms with E-state index in [2.05, 4.69) is 15.1 Å². The lowest BCUT2D eigenvalue weighted by atomic mass is 10.0. The highest BCUT2D eigenvalue weighted by molar-refractivity contribution is 5.78. The molecule has 0 spiro atoms. The van der Waals surface area contributed by atoms with Gasteiger partial charge in [0.05, 0.1) is 17.4 Å². The fourth-order valence-corrected chi connectivity index (χ4v) is 2.39. The molecule has 0 fully saturated rings. The molecule has 1 aromatic carbocycles. The minimum atomic E-state index is -0.999. The van der Waals surface area contributed by atoms with Gasteiger partial charge in [-0.1, -0.05) is 0 Å². The Bertz CT molecular complexity index is 1000. The van der Waals surface area contributed by atoms with Crippen molar-refractivity contribution in [1.29, 1.82) is 0 Å². The molecule has 0 saturated carbocycles. The maximum atomic E-state index is 13.6. The summed E-state index contributed by atoms with van der Waals surface area (Å²) in [4.78, 5) is 20.0. The summed E-state index contributed by atoms with van der Waals surface area (Å²) in [5.41, 5.74) is 6.90. The van der Waals surface area contributed by atoms with Gasteiger partial charge in [-0.15, -0.1) is 0 Å². The van der Waals surface area contributed by atoms with Gasteiger partial charge in [0.25, 0.3) is 5.56 Å². The second kappa shape index (κ2) is 6.39. The van der Waals surface area contributed by atoms with E-state index in [-0.39, 0.29) is 17.5 Å². The summed E-state index contributed by atoms with van der Waals surface area (Å²) in [5.74, 6) is -1.97. The second-order valence-corrected chi connectivity index (χ2v) is 5.71. The van der Waals surface area contributed by atoms with Crippen molar-refractivity contribution >= 4 is 5.95 Å². The lowest BCUT2D eigenvalue weighted by Gasteiger charge is -2.12. The first-order chi connectivity index (χ1) is 11.9. The normalized spacial score (nSPS) is 11.1. The molecule has 0 bridgehead atoms. The lowest BCUT2D eigenvalue weighted by molar-refractivity contribution is 0.505. The standard InChI is InChI=1S/C17H15F2N5O/c1-9(2)24-15(25)6-5-14(23-24)11-8-21-17(20)22-16(11)10-3-4-12(18)13(19)7-10/h3-9H,1-2H3,(H2,20,21,22). The molecule has 2 aromatic heterocycles. The van der Waals surface area contributed by atoms with Gasteiger partial charge in [0.1, 0.15) is 0 Å². The topological polar surface area (TPSA) is 86.7 Å². The quantitative estimate of drug-likeness (QED) is 0.790. The van der Waals surface area contributed by atoms with Gasteiger partial charge in [-0.25, -0.2) is 23.4 Å². The molecule has 2 heterocycles. The highest BCUT2D eigenvalue weighted by atomic mass is 19.2. The SMILES string of the molecule is CC(C)n1nc(-c2cnc(N)nc2-c2ccc(F)c(F)c2)ccc1=O. The minimum Gasteiger partial charge on any atom is -0.368 e. The third-order valence-corrected chi connectivity index (χ3v) is 3.59. The molecule has 0 radical (unpaired) electrons. The Morgan fingerprint density at radius 3 is 2.56 bits per heavy atom. The Balaban J connectivity index is 2.23. The number of aromatic nitrogens is 4. The Morgan fingerprint density at radius 1 is 1.12 bits per heavy atom. The number of nitrogen functional groups attached to an aromatic ring is 1. The van der Waals surface area contributed by atoms with Crippen molar-refractivity contribution in [2.24, 2.45) is 0 Å². The van der Waals surface area contributed by atoms with Crippen LogP contribution < -0.4 is 11.3 Å². The smallest absolute Gasteiger partial charge is 0.267 e. The van der Waals surface area contributed by atoms with Crippen molar-refractivity contribution in [2.45, 2.75) is 19.9 Å². The molecule has 0 aliphatic rings. The van der Waals surface area contributed by atoms with Gasteiger partial charge in [0.15, 0.2) is 11.6 Å². The molecular weight excluding hydrogens is 328 g/mol. The number of nitrogens with two attached hydrogens (primary N) is 1. The number of halogens is 2. The highest BCUT2D eigenvalue weighted by Gasteiger charge is 2.15. The average Bonchev–Trinajstić information content (AvgIpc) is 2.57. The van der Waals surface area contributed by atoms with Crippen LogP contribution in [0.25, 0.3) is 22.5 Å². The van der Waals surface area contributed by atoms with Crippen LogP contribution in [0.2, 0.25) is 0 Å². The maximum absolute atomic E-state index is 13.6. The first-order valence-corrected chi connectivity index (χ1v) is 7.55. The first-order valence-electron chi connectivity index (χ1n) is 7.55. The van der Waals surface area contributed by atoms with Gasteiger partial charge >= 0.3 is 0 Å². The molecule has 3 rings (SSSR count).